The summed E-state index contributed by atoms with van der Waals surface area (Å²) >= 11 is 0. The number of anilines is 1. The fourth-order valence-corrected chi connectivity index (χ4v) is 2.84. The van der Waals surface area contributed by atoms with Crippen molar-refractivity contribution >= 4 is 41.7 Å². The van der Waals surface area contributed by atoms with Crippen molar-refractivity contribution in [2.24, 2.45) is 11.0 Å². The third-order valence-electron chi connectivity index (χ3n) is 4.48. The number of nitrogens with one attached hydrogen (secondary N) is 6. The van der Waals surface area contributed by atoms with Gasteiger partial charge in [-0.25, -0.2) is 4.79 Å². The highest BCUT2D eigenvalue weighted by atomic mass is 16.2. The van der Waals surface area contributed by atoms with E-state index in [4.69, 9.17) is 10.8 Å². The van der Waals surface area contributed by atoms with Crippen LogP contribution in [0.4, 0.5) is 10.5 Å². The topological polar surface area (TPSA) is 159 Å². The van der Waals surface area contributed by atoms with E-state index >= 15 is 0 Å². The molecule has 2 fully saturated rings. The standard InChI is InChI=1S/C17H19N7O3/c18-7-10-1-5-12(6-2-10)24-21-8-13(19)14(25)20-9-17(11-3-4-11)15(26)22-16(27)23-17/h1-2,5-8,11,18-19,24H,3-4,9H2,(H,20,25)(H2,22,23,26,27)/b18-7?,19-13?,21-8-. The van der Waals surface area contributed by atoms with Gasteiger partial charge < -0.3 is 16.0 Å². The Morgan fingerprint density at radius 3 is 2.56 bits per heavy atom. The minimum atomic E-state index is -1.14. The van der Waals surface area contributed by atoms with Crippen molar-refractivity contribution in [2.45, 2.75) is 18.4 Å². The molecule has 140 valence electrons. The number of amides is 4. The molecule has 10 nitrogen and oxygen atoms in total. The predicted molar refractivity (Wildman–Crippen MR) is 99.3 cm³/mol. The highest BCUT2D eigenvalue weighted by Crippen LogP contribution is 2.40. The van der Waals surface area contributed by atoms with Crippen LogP contribution in [0, 0.1) is 16.7 Å². The van der Waals surface area contributed by atoms with Gasteiger partial charge in [0.15, 0.2) is 0 Å². The summed E-state index contributed by atoms with van der Waals surface area (Å²) < 4.78 is 0. The zero-order chi connectivity index (χ0) is 19.4. The zero-order valence-electron chi connectivity index (χ0n) is 14.3. The van der Waals surface area contributed by atoms with Crippen molar-refractivity contribution in [3.63, 3.8) is 0 Å². The molecule has 0 spiro atoms. The molecule has 0 radical (unpaired) electrons. The Kier molecular flexibility index (Phi) is 4.97. The monoisotopic (exact) mass is 369 g/mol. The largest absolute Gasteiger partial charge is 0.348 e. The molecule has 1 saturated carbocycles. The molecule has 1 heterocycles. The smallest absolute Gasteiger partial charge is 0.322 e. The Balaban J connectivity index is 1.52. The van der Waals surface area contributed by atoms with Gasteiger partial charge in [-0.1, -0.05) is 12.1 Å². The van der Waals surface area contributed by atoms with Gasteiger partial charge in [-0.3, -0.25) is 25.7 Å². The quantitative estimate of drug-likeness (QED) is 0.220. The molecule has 6 N–H and O–H groups in total. The maximum absolute atomic E-state index is 12.1. The molecular weight excluding hydrogens is 350 g/mol. The Bertz CT molecular complexity index is 829. The van der Waals surface area contributed by atoms with Crippen LogP contribution < -0.4 is 21.4 Å². The summed E-state index contributed by atoms with van der Waals surface area (Å²) in [5, 5.41) is 26.0. The summed E-state index contributed by atoms with van der Waals surface area (Å²) in [6.07, 6.45) is 3.86. The van der Waals surface area contributed by atoms with Crippen molar-refractivity contribution in [3.8, 4) is 0 Å². The van der Waals surface area contributed by atoms with E-state index in [-0.39, 0.29) is 12.5 Å². The van der Waals surface area contributed by atoms with E-state index in [9.17, 15) is 14.4 Å². The maximum Gasteiger partial charge on any atom is 0.322 e. The second-order valence-electron chi connectivity index (χ2n) is 6.39. The van der Waals surface area contributed by atoms with Gasteiger partial charge in [-0.05, 0) is 36.5 Å². The van der Waals surface area contributed by atoms with Crippen molar-refractivity contribution in [1.82, 2.24) is 16.0 Å². The molecule has 1 unspecified atom stereocenters. The molecule has 1 aromatic carbocycles. The highest BCUT2D eigenvalue weighted by Gasteiger charge is 2.56. The molecule has 2 aliphatic rings. The molecule has 1 aromatic rings. The lowest BCUT2D eigenvalue weighted by Crippen LogP contribution is -2.57. The van der Waals surface area contributed by atoms with Crippen LogP contribution in [0.25, 0.3) is 0 Å². The molecule has 27 heavy (non-hydrogen) atoms. The van der Waals surface area contributed by atoms with Crippen LogP contribution in [0.3, 0.4) is 0 Å². The maximum atomic E-state index is 12.1. The second-order valence-corrected chi connectivity index (χ2v) is 6.39. The number of hydrogen-bond acceptors (Lipinski definition) is 7. The van der Waals surface area contributed by atoms with E-state index in [1.54, 1.807) is 24.3 Å². The Labute approximate surface area is 154 Å². The van der Waals surface area contributed by atoms with Gasteiger partial charge >= 0.3 is 6.03 Å². The number of imide groups is 1. The van der Waals surface area contributed by atoms with Crippen molar-refractivity contribution in [1.29, 1.82) is 10.8 Å². The van der Waals surface area contributed by atoms with E-state index < -0.39 is 29.1 Å². The summed E-state index contributed by atoms with van der Waals surface area (Å²) in [4.78, 5) is 35.6. The summed E-state index contributed by atoms with van der Waals surface area (Å²) in [7, 11) is 0. The van der Waals surface area contributed by atoms with Crippen molar-refractivity contribution in [2.75, 3.05) is 12.0 Å². The fourth-order valence-electron chi connectivity index (χ4n) is 2.84. The molecule has 4 amide bonds. The number of nitrogens with zero attached hydrogens (tertiary/aromatic N) is 1. The number of carbonyl (C=O) groups excluding carboxylic acids is 3. The molecule has 0 bridgehead atoms. The summed E-state index contributed by atoms with van der Waals surface area (Å²) in [5.74, 6) is -1.17. The van der Waals surface area contributed by atoms with Gasteiger partial charge in [0.05, 0.1) is 18.4 Å². The van der Waals surface area contributed by atoms with Crippen LogP contribution in [-0.2, 0) is 9.59 Å². The van der Waals surface area contributed by atoms with Gasteiger partial charge in [0.25, 0.3) is 11.8 Å². The summed E-state index contributed by atoms with van der Waals surface area (Å²) in [6.45, 7) is -0.0805. The van der Waals surface area contributed by atoms with Crippen LogP contribution >= 0.6 is 0 Å². The van der Waals surface area contributed by atoms with Gasteiger partial charge in [0, 0.05) is 6.21 Å². The van der Waals surface area contributed by atoms with Crippen LogP contribution in [0.2, 0.25) is 0 Å². The first kappa shape index (κ1) is 18.2. The highest BCUT2D eigenvalue weighted by molar-refractivity contribution is 6.59. The van der Waals surface area contributed by atoms with Crippen LogP contribution in [0.1, 0.15) is 18.4 Å². The van der Waals surface area contributed by atoms with Gasteiger partial charge in [-0.15, -0.1) is 0 Å². The SMILES string of the molecule is N=Cc1ccc(N/N=C\C(=N)C(=O)NCC2(C3CC3)NC(=O)NC2=O)cc1. The average Bonchev–Trinajstić information content (AvgIpc) is 3.46. The number of rotatable bonds is 8. The minimum Gasteiger partial charge on any atom is -0.348 e. The fraction of sp³-hybridized carbons (Fsp3) is 0.294. The van der Waals surface area contributed by atoms with E-state index in [0.717, 1.165) is 24.6 Å². The molecule has 3 rings (SSSR count). The van der Waals surface area contributed by atoms with Crippen molar-refractivity contribution < 1.29 is 14.4 Å². The molecular formula is C17H19N7O3. The third kappa shape index (κ3) is 4.00. The first-order valence-corrected chi connectivity index (χ1v) is 8.34. The molecule has 1 aliphatic carbocycles. The lowest BCUT2D eigenvalue weighted by atomic mass is 9.93. The van der Waals surface area contributed by atoms with Gasteiger partial charge in [0.2, 0.25) is 0 Å². The van der Waals surface area contributed by atoms with E-state index in [2.05, 4.69) is 26.5 Å². The summed E-state index contributed by atoms with van der Waals surface area (Å²) in [6, 6.07) is 6.29. The van der Waals surface area contributed by atoms with Crippen molar-refractivity contribution in [3.05, 3.63) is 29.8 Å². The Morgan fingerprint density at radius 2 is 2.00 bits per heavy atom. The molecule has 0 aromatic heterocycles. The minimum absolute atomic E-state index is 0.0160. The van der Waals surface area contributed by atoms with Crippen LogP contribution in [0.15, 0.2) is 29.4 Å². The number of urea groups is 1. The number of carbonyl (C=O) groups is 3. The molecule has 1 saturated heterocycles. The normalized spacial score (nSPS) is 21.5. The van der Waals surface area contributed by atoms with E-state index in [0.29, 0.717) is 5.69 Å². The lowest BCUT2D eigenvalue weighted by molar-refractivity contribution is -0.125. The van der Waals surface area contributed by atoms with Crippen LogP contribution in [0.5, 0.6) is 0 Å². The molecule has 1 aliphatic heterocycles. The second kappa shape index (κ2) is 7.36. The molecule has 10 heteroatoms. The van der Waals surface area contributed by atoms with E-state index in [1.807, 2.05) is 0 Å². The summed E-state index contributed by atoms with van der Waals surface area (Å²) in [5.41, 5.74) is 2.53. The zero-order valence-corrected chi connectivity index (χ0v) is 14.3. The van der Waals surface area contributed by atoms with Crippen LogP contribution in [-0.4, -0.2) is 48.1 Å². The number of hydrazone groups is 1. The van der Waals surface area contributed by atoms with Gasteiger partial charge in [-0.2, -0.15) is 5.10 Å². The number of benzene rings is 1. The lowest BCUT2D eigenvalue weighted by Gasteiger charge is -2.25. The number of hydrogen-bond donors (Lipinski definition) is 6. The Hall–Kier alpha value is -3.56. The third-order valence-corrected chi connectivity index (χ3v) is 4.48. The first-order valence-electron chi connectivity index (χ1n) is 8.34. The van der Waals surface area contributed by atoms with Gasteiger partial charge in [0.1, 0.15) is 11.3 Å². The average molecular weight is 369 g/mol. The Morgan fingerprint density at radius 1 is 1.30 bits per heavy atom. The predicted octanol–water partition coefficient (Wildman–Crippen LogP) is 0.206. The molecule has 1 atom stereocenters. The van der Waals surface area contributed by atoms with E-state index in [1.165, 1.54) is 6.21 Å². The first-order chi connectivity index (χ1) is 12.9.